The van der Waals surface area contributed by atoms with Crippen molar-refractivity contribution in [2.45, 2.75) is 51.2 Å². The molecule has 9 nitrogen and oxygen atoms in total. The smallest absolute Gasteiger partial charge is 0.244 e. The van der Waals surface area contributed by atoms with Crippen molar-refractivity contribution in [2.75, 3.05) is 52.7 Å². The van der Waals surface area contributed by atoms with Crippen LogP contribution in [0.5, 0.6) is 0 Å². The Balaban J connectivity index is 1.62. The first-order valence-corrected chi connectivity index (χ1v) is 12.6. The number of carbonyl (C=O) groups excluding carboxylic acids is 1. The van der Waals surface area contributed by atoms with Gasteiger partial charge in [0.15, 0.2) is 0 Å². The van der Waals surface area contributed by atoms with Crippen molar-refractivity contribution in [1.29, 1.82) is 0 Å². The van der Waals surface area contributed by atoms with Crippen LogP contribution in [0.25, 0.3) is 0 Å². The van der Waals surface area contributed by atoms with Crippen molar-refractivity contribution >= 4 is 15.9 Å². The van der Waals surface area contributed by atoms with E-state index in [1.807, 2.05) is 20.2 Å². The van der Waals surface area contributed by atoms with Crippen LogP contribution in [-0.2, 0) is 26.1 Å². The van der Waals surface area contributed by atoms with E-state index in [9.17, 15) is 13.2 Å². The van der Waals surface area contributed by atoms with E-state index in [1.165, 1.54) is 6.26 Å². The van der Waals surface area contributed by atoms with Gasteiger partial charge in [-0.3, -0.25) is 14.4 Å². The minimum atomic E-state index is -3.19. The first kappa shape index (κ1) is 23.2. The van der Waals surface area contributed by atoms with Crippen LogP contribution in [0.4, 0.5) is 0 Å². The molecule has 1 atom stereocenters. The average Bonchev–Trinajstić information content (AvgIpc) is 3.13. The molecule has 0 radical (unpaired) electrons. The Bertz CT molecular complexity index is 806. The van der Waals surface area contributed by atoms with Gasteiger partial charge in [0.25, 0.3) is 0 Å². The van der Waals surface area contributed by atoms with Crippen molar-refractivity contribution in [3.05, 3.63) is 18.0 Å². The first-order valence-electron chi connectivity index (χ1n) is 10.8. The van der Waals surface area contributed by atoms with Gasteiger partial charge in [-0.15, -0.1) is 0 Å². The van der Waals surface area contributed by atoms with Gasteiger partial charge in [-0.05, 0) is 38.2 Å². The third-order valence-electron chi connectivity index (χ3n) is 6.14. The molecule has 1 aromatic rings. The van der Waals surface area contributed by atoms with Crippen molar-refractivity contribution in [2.24, 2.45) is 0 Å². The largest absolute Gasteiger partial charge is 0.381 e. The van der Waals surface area contributed by atoms with E-state index in [4.69, 9.17) is 4.74 Å². The third-order valence-corrected chi connectivity index (χ3v) is 7.41. The molecule has 2 aliphatic rings. The molecule has 10 heteroatoms. The van der Waals surface area contributed by atoms with Crippen LogP contribution < -0.4 is 0 Å². The number of nitrogens with zero attached hydrogens (tertiary/aromatic N) is 5. The van der Waals surface area contributed by atoms with Crippen LogP contribution in [-0.4, -0.2) is 103 Å². The highest BCUT2D eigenvalue weighted by molar-refractivity contribution is 7.88. The third kappa shape index (κ3) is 6.26. The monoisotopic (exact) mass is 441 g/mol. The predicted molar refractivity (Wildman–Crippen MR) is 115 cm³/mol. The number of hydrogen-bond donors (Lipinski definition) is 0. The van der Waals surface area contributed by atoms with Crippen molar-refractivity contribution in [1.82, 2.24) is 23.9 Å². The van der Waals surface area contributed by atoms with E-state index < -0.39 is 10.0 Å². The zero-order valence-corrected chi connectivity index (χ0v) is 19.2. The molecule has 3 rings (SSSR count). The fourth-order valence-corrected chi connectivity index (χ4v) is 5.28. The number of ether oxygens (including phenoxy) is 1. The van der Waals surface area contributed by atoms with Crippen molar-refractivity contribution in [3.63, 3.8) is 0 Å². The minimum absolute atomic E-state index is 0.0198. The molecule has 0 bridgehead atoms. The number of piperidine rings is 1. The summed E-state index contributed by atoms with van der Waals surface area (Å²) in [6.45, 7) is 6.10. The molecule has 0 aliphatic carbocycles. The number of hydrogen-bond acceptors (Lipinski definition) is 6. The fraction of sp³-hybridized carbons (Fsp3) is 0.800. The molecule has 3 heterocycles. The van der Waals surface area contributed by atoms with Crippen LogP contribution in [0.15, 0.2) is 12.4 Å². The molecule has 30 heavy (non-hydrogen) atoms. The molecule has 170 valence electrons. The zero-order chi connectivity index (χ0) is 21.7. The van der Waals surface area contributed by atoms with Crippen LogP contribution in [0.2, 0.25) is 0 Å². The average molecular weight is 442 g/mol. The number of aromatic nitrogens is 2. The molecule has 0 N–H and O–H groups in total. The first-order chi connectivity index (χ1) is 14.2. The Labute approximate surface area is 180 Å². The van der Waals surface area contributed by atoms with Gasteiger partial charge in [-0.25, -0.2) is 12.7 Å². The van der Waals surface area contributed by atoms with Crippen molar-refractivity contribution < 1.29 is 17.9 Å². The summed E-state index contributed by atoms with van der Waals surface area (Å²) in [5, 5.41) is 4.19. The summed E-state index contributed by atoms with van der Waals surface area (Å²) in [5.74, 6) is 0.0198. The predicted octanol–water partition coefficient (Wildman–Crippen LogP) is 0.555. The molecule has 2 aliphatic heterocycles. The van der Waals surface area contributed by atoms with E-state index in [0.717, 1.165) is 51.0 Å². The Hall–Kier alpha value is -1.49. The maximum atomic E-state index is 12.6. The van der Waals surface area contributed by atoms with Gasteiger partial charge in [0.05, 0.1) is 12.5 Å². The van der Waals surface area contributed by atoms with Gasteiger partial charge >= 0.3 is 0 Å². The van der Waals surface area contributed by atoms with Gasteiger partial charge in [-0.2, -0.15) is 5.10 Å². The maximum absolute atomic E-state index is 12.6. The topological polar surface area (TPSA) is 88.0 Å². The second kappa shape index (κ2) is 10.2. The SMILES string of the molecule is Cc1cnn(CC(=O)N(C)CCN(C2CCOCC2)C2CCCN(S(C)(=O)=O)C2)c1. The summed E-state index contributed by atoms with van der Waals surface area (Å²) in [6.07, 6.45) is 8.63. The Morgan fingerprint density at radius 1 is 1.23 bits per heavy atom. The second-order valence-corrected chi connectivity index (χ2v) is 10.5. The zero-order valence-electron chi connectivity index (χ0n) is 18.4. The summed E-state index contributed by atoms with van der Waals surface area (Å²) in [4.78, 5) is 16.8. The lowest BCUT2D eigenvalue weighted by Crippen LogP contribution is -2.55. The molecule has 0 spiro atoms. The molecule has 1 aromatic heterocycles. The van der Waals surface area contributed by atoms with Crippen LogP contribution in [0, 0.1) is 6.92 Å². The summed E-state index contributed by atoms with van der Waals surface area (Å²) in [6, 6.07) is 0.536. The Morgan fingerprint density at radius 2 is 1.97 bits per heavy atom. The number of sulfonamides is 1. The van der Waals surface area contributed by atoms with Crippen LogP contribution in [0.1, 0.15) is 31.2 Å². The minimum Gasteiger partial charge on any atom is -0.381 e. The Kier molecular flexibility index (Phi) is 7.89. The highest BCUT2D eigenvalue weighted by atomic mass is 32.2. The molecule has 2 saturated heterocycles. The molecule has 0 aromatic carbocycles. The van der Waals surface area contributed by atoms with E-state index in [0.29, 0.717) is 25.7 Å². The van der Waals surface area contributed by atoms with E-state index >= 15 is 0 Å². The lowest BCUT2D eigenvalue weighted by molar-refractivity contribution is -0.131. The molecular formula is C20H35N5O4S. The fourth-order valence-electron chi connectivity index (χ4n) is 4.38. The quantitative estimate of drug-likeness (QED) is 0.586. The standard InChI is InChI=1S/C20H35N5O4S/c1-17-13-21-23(14-17)16-20(26)22(2)9-10-25(18-6-11-29-12-7-18)19-5-4-8-24(15-19)30(3,27)28/h13-14,18-19H,4-12,15-16H2,1-3H3. The van der Waals surface area contributed by atoms with Gasteiger partial charge in [-0.1, -0.05) is 0 Å². The van der Waals surface area contributed by atoms with Gasteiger partial charge in [0.1, 0.15) is 6.54 Å². The van der Waals surface area contributed by atoms with Gasteiger partial charge in [0.2, 0.25) is 15.9 Å². The Morgan fingerprint density at radius 3 is 2.60 bits per heavy atom. The van der Waals surface area contributed by atoms with Crippen LogP contribution in [0.3, 0.4) is 0 Å². The molecule has 1 amide bonds. The summed E-state index contributed by atoms with van der Waals surface area (Å²) in [5.41, 5.74) is 1.03. The molecular weight excluding hydrogens is 406 g/mol. The molecule has 1 unspecified atom stereocenters. The molecule has 0 saturated carbocycles. The lowest BCUT2D eigenvalue weighted by atomic mass is 9.99. The summed E-state index contributed by atoms with van der Waals surface area (Å²) in [7, 11) is -1.37. The normalized spacial score (nSPS) is 21.8. The maximum Gasteiger partial charge on any atom is 0.244 e. The number of likely N-dealkylation sites (N-methyl/N-ethyl adjacent to an activating group) is 1. The van der Waals surface area contributed by atoms with E-state index in [1.54, 1.807) is 20.1 Å². The number of aryl methyl sites for hydroxylation is 1. The van der Waals surface area contributed by atoms with E-state index in [-0.39, 0.29) is 18.5 Å². The number of amides is 1. The molecule has 2 fully saturated rings. The number of carbonyl (C=O) groups is 1. The van der Waals surface area contributed by atoms with Crippen molar-refractivity contribution in [3.8, 4) is 0 Å². The summed E-state index contributed by atoms with van der Waals surface area (Å²) >= 11 is 0. The highest BCUT2D eigenvalue weighted by Crippen LogP contribution is 2.24. The summed E-state index contributed by atoms with van der Waals surface area (Å²) < 4.78 is 33.0. The lowest BCUT2D eigenvalue weighted by Gasteiger charge is -2.44. The number of rotatable bonds is 8. The van der Waals surface area contributed by atoms with E-state index in [2.05, 4.69) is 10.00 Å². The van der Waals surface area contributed by atoms with Gasteiger partial charge < -0.3 is 9.64 Å². The second-order valence-electron chi connectivity index (χ2n) is 8.53. The van der Waals surface area contributed by atoms with Crippen LogP contribution >= 0.6 is 0 Å². The highest BCUT2D eigenvalue weighted by Gasteiger charge is 2.33. The van der Waals surface area contributed by atoms with Gasteiger partial charge in [0, 0.05) is 64.7 Å².